The number of benzene rings is 1. The Hall–Kier alpha value is -1.09. The summed E-state index contributed by atoms with van der Waals surface area (Å²) in [6, 6.07) is 7.30. The lowest BCUT2D eigenvalue weighted by atomic mass is 9.84. The molecule has 0 saturated heterocycles. The van der Waals surface area contributed by atoms with Crippen molar-refractivity contribution in [1.82, 2.24) is 5.32 Å². The predicted molar refractivity (Wildman–Crippen MR) is 90.4 cm³/mol. The van der Waals surface area contributed by atoms with Crippen molar-refractivity contribution in [2.24, 2.45) is 5.41 Å². The van der Waals surface area contributed by atoms with E-state index in [1.54, 1.807) is 0 Å². The minimum Gasteiger partial charge on any atom is -0.372 e. The van der Waals surface area contributed by atoms with Gasteiger partial charge < -0.3 is 10.2 Å². The molecule has 1 rings (SSSR count). The molecule has 1 unspecified atom stereocenters. The summed E-state index contributed by atoms with van der Waals surface area (Å²) in [5.74, 6) is -0.174. The molecule has 21 heavy (non-hydrogen) atoms. The molecule has 1 aromatic carbocycles. The van der Waals surface area contributed by atoms with Gasteiger partial charge in [0.2, 0.25) is 0 Å². The topological polar surface area (TPSA) is 15.3 Å². The van der Waals surface area contributed by atoms with Gasteiger partial charge in [0.05, 0.1) is 0 Å². The van der Waals surface area contributed by atoms with E-state index in [2.05, 4.69) is 44.8 Å². The molecule has 0 spiro atoms. The summed E-state index contributed by atoms with van der Waals surface area (Å²) in [6.07, 6.45) is 2.25. The van der Waals surface area contributed by atoms with Crippen molar-refractivity contribution in [3.63, 3.8) is 0 Å². The second kappa shape index (κ2) is 8.38. The summed E-state index contributed by atoms with van der Waals surface area (Å²) in [5, 5.41) is 3.66. The molecule has 2 nitrogen and oxygen atoms in total. The standard InChI is InChI=1S/C18H31FN2/c1-6-13-20-17(18(3,4)5)12-14-21(7-2)16-10-8-15(19)9-11-16/h8-11,17,20H,6-7,12-14H2,1-5H3. The zero-order valence-corrected chi connectivity index (χ0v) is 14.2. The molecule has 0 amide bonds. The fourth-order valence-corrected chi connectivity index (χ4v) is 2.57. The Morgan fingerprint density at radius 3 is 2.24 bits per heavy atom. The maximum Gasteiger partial charge on any atom is 0.123 e. The molecule has 1 atom stereocenters. The smallest absolute Gasteiger partial charge is 0.123 e. The van der Waals surface area contributed by atoms with Gasteiger partial charge in [-0.2, -0.15) is 0 Å². The first kappa shape index (κ1) is 18.0. The summed E-state index contributed by atoms with van der Waals surface area (Å²) < 4.78 is 13.0. The molecule has 0 aliphatic heterocycles. The van der Waals surface area contributed by atoms with E-state index in [4.69, 9.17) is 0 Å². The Bertz CT molecular complexity index is 395. The highest BCUT2D eigenvalue weighted by molar-refractivity contribution is 5.46. The highest BCUT2D eigenvalue weighted by atomic mass is 19.1. The first-order valence-electron chi connectivity index (χ1n) is 8.12. The van der Waals surface area contributed by atoms with Crippen molar-refractivity contribution in [3.05, 3.63) is 30.1 Å². The molecule has 0 bridgehead atoms. The maximum absolute atomic E-state index is 13.0. The molecule has 0 heterocycles. The molecule has 0 aliphatic rings. The lowest BCUT2D eigenvalue weighted by Crippen LogP contribution is -2.43. The molecule has 1 aromatic rings. The molecular weight excluding hydrogens is 263 g/mol. The molecule has 0 fully saturated rings. The van der Waals surface area contributed by atoms with Crippen molar-refractivity contribution in [1.29, 1.82) is 0 Å². The van der Waals surface area contributed by atoms with Gasteiger partial charge in [0.15, 0.2) is 0 Å². The summed E-state index contributed by atoms with van der Waals surface area (Å²) in [6.45, 7) is 14.2. The van der Waals surface area contributed by atoms with Crippen LogP contribution in [0.4, 0.5) is 10.1 Å². The normalized spacial score (nSPS) is 13.2. The van der Waals surface area contributed by atoms with Crippen molar-refractivity contribution in [2.75, 3.05) is 24.5 Å². The minimum atomic E-state index is -0.174. The average molecular weight is 294 g/mol. The first-order chi connectivity index (χ1) is 9.88. The number of anilines is 1. The third-order valence-electron chi connectivity index (χ3n) is 3.95. The molecule has 1 N–H and O–H groups in total. The van der Waals surface area contributed by atoms with Crippen LogP contribution in [0.5, 0.6) is 0 Å². The second-order valence-electron chi connectivity index (χ2n) is 6.72. The number of halogens is 1. The average Bonchev–Trinajstić information content (AvgIpc) is 2.43. The van der Waals surface area contributed by atoms with E-state index in [0.717, 1.165) is 38.2 Å². The maximum atomic E-state index is 13.0. The predicted octanol–water partition coefficient (Wildman–Crippen LogP) is 4.46. The van der Waals surface area contributed by atoms with Crippen LogP contribution in [0.3, 0.4) is 0 Å². The van der Waals surface area contributed by atoms with Crippen LogP contribution in [0.25, 0.3) is 0 Å². The zero-order valence-electron chi connectivity index (χ0n) is 14.2. The molecule has 3 heteroatoms. The van der Waals surface area contributed by atoms with Crippen LogP contribution < -0.4 is 10.2 Å². The number of hydrogen-bond acceptors (Lipinski definition) is 2. The number of rotatable bonds is 8. The molecular formula is C18H31FN2. The fraction of sp³-hybridized carbons (Fsp3) is 0.667. The van der Waals surface area contributed by atoms with Crippen molar-refractivity contribution >= 4 is 5.69 Å². The van der Waals surface area contributed by atoms with Gasteiger partial charge in [-0.3, -0.25) is 0 Å². The van der Waals surface area contributed by atoms with Crippen LogP contribution in [0.1, 0.15) is 47.5 Å². The lowest BCUT2D eigenvalue weighted by Gasteiger charge is -2.34. The van der Waals surface area contributed by atoms with E-state index in [9.17, 15) is 4.39 Å². The minimum absolute atomic E-state index is 0.174. The SMILES string of the molecule is CCCNC(CCN(CC)c1ccc(F)cc1)C(C)(C)C. The number of nitrogens with one attached hydrogen (secondary N) is 1. The highest BCUT2D eigenvalue weighted by Gasteiger charge is 2.24. The molecule has 0 aromatic heterocycles. The third kappa shape index (κ3) is 6.04. The van der Waals surface area contributed by atoms with Gasteiger partial charge in [-0.1, -0.05) is 27.7 Å². The summed E-state index contributed by atoms with van der Waals surface area (Å²) in [7, 11) is 0. The van der Waals surface area contributed by atoms with Gasteiger partial charge in [0.25, 0.3) is 0 Å². The fourth-order valence-electron chi connectivity index (χ4n) is 2.57. The molecule has 0 radical (unpaired) electrons. The van der Waals surface area contributed by atoms with Gasteiger partial charge in [-0.25, -0.2) is 4.39 Å². The van der Waals surface area contributed by atoms with E-state index >= 15 is 0 Å². The Balaban J connectivity index is 2.65. The first-order valence-corrected chi connectivity index (χ1v) is 8.12. The summed E-state index contributed by atoms with van der Waals surface area (Å²) in [4.78, 5) is 2.31. The van der Waals surface area contributed by atoms with Gasteiger partial charge in [-0.15, -0.1) is 0 Å². The monoisotopic (exact) mass is 294 g/mol. The van der Waals surface area contributed by atoms with E-state index in [1.807, 2.05) is 12.1 Å². The summed E-state index contributed by atoms with van der Waals surface area (Å²) >= 11 is 0. The van der Waals surface area contributed by atoms with Crippen LogP contribution in [-0.4, -0.2) is 25.7 Å². The van der Waals surface area contributed by atoms with E-state index in [1.165, 1.54) is 12.1 Å². The number of hydrogen-bond donors (Lipinski definition) is 1. The van der Waals surface area contributed by atoms with Gasteiger partial charge >= 0.3 is 0 Å². The Kier molecular flexibility index (Phi) is 7.16. The van der Waals surface area contributed by atoms with Crippen LogP contribution in [0.15, 0.2) is 24.3 Å². The van der Waals surface area contributed by atoms with Crippen LogP contribution in [-0.2, 0) is 0 Å². The van der Waals surface area contributed by atoms with E-state index < -0.39 is 0 Å². The third-order valence-corrected chi connectivity index (χ3v) is 3.95. The van der Waals surface area contributed by atoms with Crippen LogP contribution in [0.2, 0.25) is 0 Å². The largest absolute Gasteiger partial charge is 0.372 e. The van der Waals surface area contributed by atoms with Crippen LogP contribution >= 0.6 is 0 Å². The van der Waals surface area contributed by atoms with Crippen molar-refractivity contribution in [3.8, 4) is 0 Å². The number of nitrogens with zero attached hydrogens (tertiary/aromatic N) is 1. The molecule has 120 valence electrons. The van der Waals surface area contributed by atoms with E-state index in [-0.39, 0.29) is 11.2 Å². The second-order valence-corrected chi connectivity index (χ2v) is 6.72. The van der Waals surface area contributed by atoms with Gasteiger partial charge in [0.1, 0.15) is 5.82 Å². The van der Waals surface area contributed by atoms with Crippen molar-refractivity contribution < 1.29 is 4.39 Å². The van der Waals surface area contributed by atoms with Crippen LogP contribution in [0, 0.1) is 11.2 Å². The highest BCUT2D eigenvalue weighted by Crippen LogP contribution is 2.23. The molecule has 0 saturated carbocycles. The Morgan fingerprint density at radius 1 is 1.14 bits per heavy atom. The Morgan fingerprint density at radius 2 is 1.76 bits per heavy atom. The Labute approximate surface area is 129 Å². The lowest BCUT2D eigenvalue weighted by molar-refractivity contribution is 0.256. The van der Waals surface area contributed by atoms with Gasteiger partial charge in [-0.05, 0) is 56.0 Å². The van der Waals surface area contributed by atoms with Crippen molar-refractivity contribution in [2.45, 2.75) is 53.5 Å². The zero-order chi connectivity index (χ0) is 15.9. The van der Waals surface area contributed by atoms with E-state index in [0.29, 0.717) is 6.04 Å². The molecule has 0 aliphatic carbocycles. The summed E-state index contributed by atoms with van der Waals surface area (Å²) in [5.41, 5.74) is 1.35. The van der Waals surface area contributed by atoms with Gasteiger partial charge in [0, 0.05) is 24.8 Å². The quantitative estimate of drug-likeness (QED) is 0.761.